The van der Waals surface area contributed by atoms with E-state index in [0.717, 1.165) is 44.1 Å². The Kier molecular flexibility index (Phi) is 5.95. The maximum atomic E-state index is 13.2. The van der Waals surface area contributed by atoms with E-state index in [1.807, 2.05) is 12.1 Å². The number of guanidine groups is 1. The number of halogens is 1. The van der Waals surface area contributed by atoms with Crippen LogP contribution in [0.3, 0.4) is 0 Å². The molecule has 2 rings (SSSR count). The normalized spacial score (nSPS) is 17.8. The topological polar surface area (TPSA) is 45.7 Å². The molecule has 0 radical (unpaired) electrons. The third-order valence-electron chi connectivity index (χ3n) is 4.14. The molecule has 1 aliphatic heterocycles. The summed E-state index contributed by atoms with van der Waals surface area (Å²) in [6.07, 6.45) is 3.60. The van der Waals surface area contributed by atoms with Crippen molar-refractivity contribution in [2.45, 2.75) is 18.3 Å². The summed E-state index contributed by atoms with van der Waals surface area (Å²) in [5.74, 6) is 0.537. The minimum Gasteiger partial charge on any atom is -0.381 e. The zero-order valence-corrected chi connectivity index (χ0v) is 13.1. The molecule has 1 fully saturated rings. The molecule has 5 heteroatoms. The third kappa shape index (κ3) is 4.07. The molecule has 0 amide bonds. The Hall–Kier alpha value is -1.88. The van der Waals surface area contributed by atoms with Gasteiger partial charge in [-0.2, -0.15) is 0 Å². The minimum absolute atomic E-state index is 0.0578. The van der Waals surface area contributed by atoms with E-state index in [0.29, 0.717) is 6.54 Å². The molecule has 0 saturated carbocycles. The van der Waals surface area contributed by atoms with E-state index in [2.05, 4.69) is 22.2 Å². The molecule has 4 nitrogen and oxygen atoms in total. The lowest BCUT2D eigenvalue weighted by molar-refractivity contribution is 0.0513. The lowest BCUT2D eigenvalue weighted by Crippen LogP contribution is -2.48. The first kappa shape index (κ1) is 16.5. The van der Waals surface area contributed by atoms with Gasteiger partial charge in [0.2, 0.25) is 0 Å². The number of hydrogen-bond donors (Lipinski definition) is 2. The molecule has 1 aromatic rings. The van der Waals surface area contributed by atoms with Gasteiger partial charge in [0.15, 0.2) is 5.96 Å². The fourth-order valence-corrected chi connectivity index (χ4v) is 2.78. The van der Waals surface area contributed by atoms with Crippen molar-refractivity contribution >= 4 is 5.96 Å². The van der Waals surface area contributed by atoms with E-state index >= 15 is 0 Å². The molecule has 22 heavy (non-hydrogen) atoms. The molecule has 0 spiro atoms. The first-order valence-electron chi connectivity index (χ1n) is 7.59. The molecule has 0 aliphatic carbocycles. The van der Waals surface area contributed by atoms with Crippen LogP contribution in [0.5, 0.6) is 0 Å². The van der Waals surface area contributed by atoms with Crippen molar-refractivity contribution in [3.05, 3.63) is 48.3 Å². The predicted molar refractivity (Wildman–Crippen MR) is 87.7 cm³/mol. The van der Waals surface area contributed by atoms with Crippen LogP contribution >= 0.6 is 0 Å². The van der Waals surface area contributed by atoms with Gasteiger partial charge in [-0.3, -0.25) is 4.99 Å². The van der Waals surface area contributed by atoms with Crippen LogP contribution in [0.1, 0.15) is 18.4 Å². The number of nitrogens with one attached hydrogen (secondary N) is 2. The molecular weight excluding hydrogens is 281 g/mol. The van der Waals surface area contributed by atoms with Crippen LogP contribution in [0, 0.1) is 5.82 Å². The van der Waals surface area contributed by atoms with Gasteiger partial charge in [0.25, 0.3) is 0 Å². The Morgan fingerprint density at radius 2 is 2.00 bits per heavy atom. The van der Waals surface area contributed by atoms with E-state index in [9.17, 15) is 4.39 Å². The van der Waals surface area contributed by atoms with Gasteiger partial charge in [0, 0.05) is 38.8 Å². The Bertz CT molecular complexity index is 507. The smallest absolute Gasteiger partial charge is 0.191 e. The van der Waals surface area contributed by atoms with Gasteiger partial charge in [-0.05, 0) is 30.5 Å². The van der Waals surface area contributed by atoms with Crippen LogP contribution in [0.15, 0.2) is 41.9 Å². The van der Waals surface area contributed by atoms with Crippen LogP contribution in [-0.2, 0) is 10.2 Å². The van der Waals surface area contributed by atoms with Gasteiger partial charge in [-0.25, -0.2) is 4.39 Å². The van der Waals surface area contributed by atoms with E-state index < -0.39 is 0 Å². The van der Waals surface area contributed by atoms with Gasteiger partial charge < -0.3 is 15.4 Å². The monoisotopic (exact) mass is 305 g/mol. The van der Waals surface area contributed by atoms with Crippen molar-refractivity contribution in [1.29, 1.82) is 0 Å². The summed E-state index contributed by atoms with van der Waals surface area (Å²) >= 11 is 0. The Morgan fingerprint density at radius 3 is 2.59 bits per heavy atom. The van der Waals surface area contributed by atoms with E-state index in [1.165, 1.54) is 12.1 Å². The van der Waals surface area contributed by atoms with Gasteiger partial charge >= 0.3 is 0 Å². The van der Waals surface area contributed by atoms with Crippen LogP contribution in [-0.4, -0.2) is 39.3 Å². The molecular formula is C17H24FN3O. The highest BCUT2D eigenvalue weighted by Crippen LogP contribution is 2.34. The van der Waals surface area contributed by atoms with Crippen molar-refractivity contribution in [2.75, 3.05) is 33.4 Å². The zero-order valence-electron chi connectivity index (χ0n) is 13.1. The van der Waals surface area contributed by atoms with E-state index in [1.54, 1.807) is 13.1 Å². The van der Waals surface area contributed by atoms with Crippen molar-refractivity contribution in [1.82, 2.24) is 10.6 Å². The Labute approximate surface area is 131 Å². The predicted octanol–water partition coefficient (Wildman–Crippen LogP) is 2.22. The summed E-state index contributed by atoms with van der Waals surface area (Å²) in [5, 5.41) is 6.54. The minimum atomic E-state index is -0.206. The molecule has 2 N–H and O–H groups in total. The summed E-state index contributed by atoms with van der Waals surface area (Å²) in [6, 6.07) is 6.80. The second kappa shape index (κ2) is 7.94. The fraction of sp³-hybridized carbons (Fsp3) is 0.471. The van der Waals surface area contributed by atoms with Crippen molar-refractivity contribution in [3.63, 3.8) is 0 Å². The SMILES string of the molecule is C=CCNC(=NC)NCC1(c2ccc(F)cc2)CCOCC1. The quantitative estimate of drug-likeness (QED) is 0.498. The van der Waals surface area contributed by atoms with Crippen molar-refractivity contribution in [3.8, 4) is 0 Å². The first-order chi connectivity index (χ1) is 10.7. The molecule has 0 unspecified atom stereocenters. The third-order valence-corrected chi connectivity index (χ3v) is 4.14. The number of nitrogens with zero attached hydrogens (tertiary/aromatic N) is 1. The highest BCUT2D eigenvalue weighted by atomic mass is 19.1. The largest absolute Gasteiger partial charge is 0.381 e. The van der Waals surface area contributed by atoms with Crippen molar-refractivity contribution < 1.29 is 9.13 Å². The van der Waals surface area contributed by atoms with Gasteiger partial charge in [0.1, 0.15) is 5.82 Å². The summed E-state index contributed by atoms with van der Waals surface area (Å²) in [7, 11) is 1.74. The zero-order chi connectivity index (χ0) is 15.8. The van der Waals surface area contributed by atoms with Crippen LogP contribution < -0.4 is 10.6 Å². The van der Waals surface area contributed by atoms with Crippen LogP contribution in [0.4, 0.5) is 4.39 Å². The molecule has 1 saturated heterocycles. The highest BCUT2D eigenvalue weighted by Gasteiger charge is 2.34. The van der Waals surface area contributed by atoms with Gasteiger partial charge in [0.05, 0.1) is 0 Å². The number of rotatable bonds is 5. The standard InChI is InChI=1S/C17H24FN3O/c1-3-10-20-16(19-2)21-13-17(8-11-22-12-9-17)14-4-6-15(18)7-5-14/h3-7H,1,8-13H2,2H3,(H2,19,20,21). The fourth-order valence-electron chi connectivity index (χ4n) is 2.78. The average Bonchev–Trinajstić information content (AvgIpc) is 2.56. The number of benzene rings is 1. The molecule has 120 valence electrons. The lowest BCUT2D eigenvalue weighted by Gasteiger charge is -2.38. The Balaban J connectivity index is 2.12. The highest BCUT2D eigenvalue weighted by molar-refractivity contribution is 5.79. The Morgan fingerprint density at radius 1 is 1.32 bits per heavy atom. The molecule has 0 bridgehead atoms. The molecule has 1 aromatic carbocycles. The second-order valence-electron chi connectivity index (χ2n) is 5.49. The van der Waals surface area contributed by atoms with Gasteiger partial charge in [-0.1, -0.05) is 18.2 Å². The van der Waals surface area contributed by atoms with Crippen LogP contribution in [0.25, 0.3) is 0 Å². The van der Waals surface area contributed by atoms with Crippen LogP contribution in [0.2, 0.25) is 0 Å². The maximum absolute atomic E-state index is 13.2. The summed E-state index contributed by atoms with van der Waals surface area (Å²) in [5.41, 5.74) is 1.08. The van der Waals surface area contributed by atoms with Crippen molar-refractivity contribution in [2.24, 2.45) is 4.99 Å². The summed E-state index contributed by atoms with van der Waals surface area (Å²) < 4.78 is 18.7. The number of hydrogen-bond acceptors (Lipinski definition) is 2. The van der Waals surface area contributed by atoms with Gasteiger partial charge in [-0.15, -0.1) is 6.58 Å². The average molecular weight is 305 g/mol. The van der Waals surface area contributed by atoms with E-state index in [4.69, 9.17) is 4.74 Å². The summed E-state index contributed by atoms with van der Waals surface area (Å²) in [4.78, 5) is 4.20. The molecule has 1 aliphatic rings. The summed E-state index contributed by atoms with van der Waals surface area (Å²) in [6.45, 7) is 6.52. The number of ether oxygens (including phenoxy) is 1. The first-order valence-corrected chi connectivity index (χ1v) is 7.59. The molecule has 0 atom stereocenters. The second-order valence-corrected chi connectivity index (χ2v) is 5.49. The lowest BCUT2D eigenvalue weighted by atomic mass is 9.74. The van der Waals surface area contributed by atoms with E-state index in [-0.39, 0.29) is 11.2 Å². The maximum Gasteiger partial charge on any atom is 0.191 e. The molecule has 1 heterocycles. The number of aliphatic imine (C=N–C) groups is 1. The molecule has 0 aromatic heterocycles.